The van der Waals surface area contributed by atoms with Gasteiger partial charge in [0, 0.05) is 43.9 Å². The number of hydrogen-bond donors (Lipinski definition) is 1. The molecule has 6 rings (SSSR count). The van der Waals surface area contributed by atoms with Gasteiger partial charge in [0.2, 0.25) is 6.29 Å². The molecule has 1 saturated heterocycles. The average molecular weight is 626 g/mol. The Balaban J connectivity index is 1.36. The van der Waals surface area contributed by atoms with E-state index in [0.717, 1.165) is 62.9 Å². The van der Waals surface area contributed by atoms with Gasteiger partial charge in [-0.1, -0.05) is 24.6 Å². The van der Waals surface area contributed by atoms with Crippen LogP contribution in [0, 0.1) is 11.3 Å². The zero-order chi connectivity index (χ0) is 32.4. The third-order valence-electron chi connectivity index (χ3n) is 9.06. The number of fused-ring (bicyclic) bond motifs is 3. The summed E-state index contributed by atoms with van der Waals surface area (Å²) in [4.78, 5) is 41.7. The normalized spacial score (nSPS) is 17.9. The lowest BCUT2D eigenvalue weighted by Gasteiger charge is -2.33. The predicted molar refractivity (Wildman–Crippen MR) is 174 cm³/mol. The number of esters is 1. The van der Waals surface area contributed by atoms with Crippen molar-refractivity contribution in [1.82, 2.24) is 9.13 Å². The number of pyridine rings is 1. The first-order chi connectivity index (χ1) is 22.2. The second-order valence-electron chi connectivity index (χ2n) is 12.3. The highest BCUT2D eigenvalue weighted by molar-refractivity contribution is 6.09. The molecule has 0 radical (unpaired) electrons. The Hall–Kier alpha value is -4.82. The van der Waals surface area contributed by atoms with E-state index in [1.807, 2.05) is 28.8 Å². The van der Waals surface area contributed by atoms with Crippen LogP contribution in [0.2, 0.25) is 0 Å². The number of anilines is 1. The van der Waals surface area contributed by atoms with E-state index in [0.29, 0.717) is 40.5 Å². The molecule has 11 nitrogen and oxygen atoms in total. The molecule has 2 atom stereocenters. The van der Waals surface area contributed by atoms with Gasteiger partial charge in [0.25, 0.3) is 5.56 Å². The predicted octanol–water partition coefficient (Wildman–Crippen LogP) is 5.33. The second kappa shape index (κ2) is 13.3. The van der Waals surface area contributed by atoms with Gasteiger partial charge in [0.05, 0.1) is 29.3 Å². The number of ether oxygens (including phenoxy) is 3. The van der Waals surface area contributed by atoms with Crippen LogP contribution in [0.25, 0.3) is 21.8 Å². The van der Waals surface area contributed by atoms with E-state index in [-0.39, 0.29) is 23.3 Å². The van der Waals surface area contributed by atoms with Crippen LogP contribution in [0.5, 0.6) is 0 Å². The summed E-state index contributed by atoms with van der Waals surface area (Å²) in [5.74, 6) is 0.153. The summed E-state index contributed by atoms with van der Waals surface area (Å²) < 4.78 is 19.6. The zero-order valence-electron chi connectivity index (χ0n) is 26.2. The summed E-state index contributed by atoms with van der Waals surface area (Å²) in [5, 5.41) is 11.2. The van der Waals surface area contributed by atoms with Crippen molar-refractivity contribution in [3.63, 3.8) is 0 Å². The molecule has 2 aliphatic rings. The molecule has 0 amide bonds. The number of aromatic nitrogens is 2. The maximum absolute atomic E-state index is 14.0. The fraction of sp³-hybridized carbons (Fsp3) is 0.429. The van der Waals surface area contributed by atoms with Crippen LogP contribution in [0.4, 0.5) is 10.6 Å². The van der Waals surface area contributed by atoms with Crippen LogP contribution in [0.15, 0.2) is 53.3 Å². The van der Waals surface area contributed by atoms with Gasteiger partial charge in [-0.25, -0.2) is 9.59 Å². The standard InChI is InChI=1S/C35H39N5O6/c1-22(45-35(43)46-27-12-4-3-5-13-27)44-34(42)23-14-15-30-28(17-23)29-18-31(39-16-8-11-26(37)21-39)40(32(29)33(41)38(30)2)20-25-10-7-6-9-24(25)19-36/h6-7,9-10,14-15,17-18,22,26-27H,3-5,8,11-13,16,20-21,37H2,1-2H3/t22?,26-/m1/s1. The molecule has 2 fully saturated rings. The molecule has 240 valence electrons. The van der Waals surface area contributed by atoms with Crippen molar-refractivity contribution >= 4 is 39.7 Å². The van der Waals surface area contributed by atoms with Crippen molar-refractivity contribution in [2.75, 3.05) is 18.0 Å². The summed E-state index contributed by atoms with van der Waals surface area (Å²) in [6.07, 6.45) is 4.40. The summed E-state index contributed by atoms with van der Waals surface area (Å²) >= 11 is 0. The van der Waals surface area contributed by atoms with Crippen LogP contribution in [-0.2, 0) is 27.8 Å². The van der Waals surface area contributed by atoms with E-state index < -0.39 is 18.4 Å². The van der Waals surface area contributed by atoms with Crippen molar-refractivity contribution in [2.24, 2.45) is 12.8 Å². The smallest absolute Gasteiger partial charge is 0.431 e. The minimum Gasteiger partial charge on any atom is -0.431 e. The molecular formula is C35H39N5O6. The van der Waals surface area contributed by atoms with Crippen molar-refractivity contribution in [2.45, 2.75) is 76.9 Å². The van der Waals surface area contributed by atoms with Gasteiger partial charge in [-0.05, 0) is 74.4 Å². The molecule has 46 heavy (non-hydrogen) atoms. The Bertz CT molecular complexity index is 1880. The van der Waals surface area contributed by atoms with Crippen molar-refractivity contribution < 1.29 is 23.8 Å². The number of piperidine rings is 1. The molecule has 4 aromatic rings. The molecule has 1 unspecified atom stereocenters. The first-order valence-corrected chi connectivity index (χ1v) is 16.0. The number of rotatable bonds is 7. The maximum Gasteiger partial charge on any atom is 0.511 e. The molecule has 1 saturated carbocycles. The van der Waals surface area contributed by atoms with Gasteiger partial charge in [-0.2, -0.15) is 5.26 Å². The topological polar surface area (TPSA) is 142 Å². The highest BCUT2D eigenvalue weighted by atomic mass is 16.8. The average Bonchev–Trinajstić information content (AvgIpc) is 3.43. The van der Waals surface area contributed by atoms with Gasteiger partial charge in [-0.15, -0.1) is 0 Å². The molecule has 1 aliphatic heterocycles. The fourth-order valence-electron chi connectivity index (χ4n) is 6.71. The number of carbonyl (C=O) groups excluding carboxylic acids is 2. The molecule has 2 aromatic heterocycles. The highest BCUT2D eigenvalue weighted by Gasteiger charge is 2.26. The summed E-state index contributed by atoms with van der Waals surface area (Å²) in [6, 6.07) is 16.6. The van der Waals surface area contributed by atoms with Crippen molar-refractivity contribution in [3.8, 4) is 6.07 Å². The largest absolute Gasteiger partial charge is 0.511 e. The SMILES string of the molecule is CC(OC(=O)OC1CCCCC1)OC(=O)c1ccc2c(c1)c1cc(N3CCC[C@@H](N)C3)n(Cc3ccccc3C#N)c1c(=O)n2C. The number of nitrogens with two attached hydrogens (primary N) is 1. The molecule has 0 spiro atoms. The van der Waals surface area contributed by atoms with E-state index in [4.69, 9.17) is 19.9 Å². The van der Waals surface area contributed by atoms with Gasteiger partial charge in [0.15, 0.2) is 0 Å². The minimum absolute atomic E-state index is 0.00304. The van der Waals surface area contributed by atoms with Gasteiger partial charge >= 0.3 is 12.1 Å². The minimum atomic E-state index is -1.16. The van der Waals surface area contributed by atoms with Crippen molar-refractivity contribution in [1.29, 1.82) is 5.26 Å². The number of carbonyl (C=O) groups is 2. The number of hydrogen-bond acceptors (Lipinski definition) is 9. The third-order valence-corrected chi connectivity index (χ3v) is 9.06. The Labute approximate surface area is 267 Å². The number of nitriles is 1. The molecule has 3 heterocycles. The first-order valence-electron chi connectivity index (χ1n) is 16.0. The zero-order valence-corrected chi connectivity index (χ0v) is 26.2. The van der Waals surface area contributed by atoms with Crippen LogP contribution in [0.3, 0.4) is 0 Å². The summed E-state index contributed by atoms with van der Waals surface area (Å²) in [5.41, 5.74) is 8.85. The van der Waals surface area contributed by atoms with Gasteiger partial charge in [-0.3, -0.25) is 4.79 Å². The second-order valence-corrected chi connectivity index (χ2v) is 12.3. The lowest BCUT2D eigenvalue weighted by atomic mass is 9.98. The Morgan fingerprint density at radius 2 is 1.80 bits per heavy atom. The molecule has 2 N–H and O–H groups in total. The van der Waals surface area contributed by atoms with E-state index in [1.165, 1.54) is 6.92 Å². The number of benzene rings is 2. The molecule has 2 aromatic carbocycles. The van der Waals surface area contributed by atoms with Gasteiger partial charge in [0.1, 0.15) is 17.4 Å². The van der Waals surface area contributed by atoms with Gasteiger partial charge < -0.3 is 34.0 Å². The Kier molecular flexibility index (Phi) is 8.99. The highest BCUT2D eigenvalue weighted by Crippen LogP contribution is 2.33. The van der Waals surface area contributed by atoms with E-state index >= 15 is 0 Å². The van der Waals surface area contributed by atoms with E-state index in [9.17, 15) is 19.6 Å². The summed E-state index contributed by atoms with van der Waals surface area (Å²) in [6.45, 7) is 3.19. The Morgan fingerprint density at radius 1 is 1.02 bits per heavy atom. The van der Waals surface area contributed by atoms with Crippen LogP contribution >= 0.6 is 0 Å². The quantitative estimate of drug-likeness (QED) is 0.213. The van der Waals surface area contributed by atoms with Crippen LogP contribution in [-0.4, -0.2) is 52.8 Å². The third kappa shape index (κ3) is 6.30. The molecule has 0 bridgehead atoms. The number of nitrogens with zero attached hydrogens (tertiary/aromatic N) is 4. The Morgan fingerprint density at radius 3 is 2.57 bits per heavy atom. The van der Waals surface area contributed by atoms with E-state index in [2.05, 4.69) is 11.0 Å². The first kappa shape index (κ1) is 31.2. The fourth-order valence-corrected chi connectivity index (χ4v) is 6.71. The van der Waals surface area contributed by atoms with E-state index in [1.54, 1.807) is 35.9 Å². The molecule has 11 heteroatoms. The monoisotopic (exact) mass is 625 g/mol. The lowest BCUT2D eigenvalue weighted by Crippen LogP contribution is -2.43. The van der Waals surface area contributed by atoms with Crippen LogP contribution in [0.1, 0.15) is 73.4 Å². The summed E-state index contributed by atoms with van der Waals surface area (Å²) in [7, 11) is 1.70. The lowest BCUT2D eigenvalue weighted by molar-refractivity contribution is -0.0914. The van der Waals surface area contributed by atoms with Crippen molar-refractivity contribution in [3.05, 3.63) is 75.6 Å². The molecular weight excluding hydrogens is 586 g/mol. The number of aryl methyl sites for hydroxylation is 1. The molecule has 1 aliphatic carbocycles. The maximum atomic E-state index is 14.0. The van der Waals surface area contributed by atoms with Crippen LogP contribution < -0.4 is 16.2 Å².